The molecule has 2 aromatic carbocycles. The molecule has 0 radical (unpaired) electrons. The summed E-state index contributed by atoms with van der Waals surface area (Å²) in [5.74, 6) is 1.25. The number of nitrogens with zero attached hydrogens (tertiary/aromatic N) is 2. The van der Waals surface area contributed by atoms with Crippen molar-refractivity contribution in [2.24, 2.45) is 0 Å². The molecule has 0 bridgehead atoms. The molecule has 1 heterocycles. The first kappa shape index (κ1) is 13.1. The normalized spacial score (nSPS) is 10.9. The molecule has 0 saturated heterocycles. The maximum Gasteiger partial charge on any atom is 0.127 e. The van der Waals surface area contributed by atoms with Crippen molar-refractivity contribution in [3.8, 4) is 0 Å². The Morgan fingerprint density at radius 3 is 2.75 bits per heavy atom. The molecule has 0 aliphatic heterocycles. The first-order chi connectivity index (χ1) is 9.72. The molecule has 100 valence electrons. The van der Waals surface area contributed by atoms with Gasteiger partial charge in [-0.1, -0.05) is 30.3 Å². The van der Waals surface area contributed by atoms with Crippen LogP contribution in [-0.4, -0.2) is 9.97 Å². The van der Waals surface area contributed by atoms with E-state index in [1.165, 1.54) is 6.07 Å². The van der Waals surface area contributed by atoms with Gasteiger partial charge in [-0.25, -0.2) is 14.4 Å². The van der Waals surface area contributed by atoms with E-state index in [-0.39, 0.29) is 5.82 Å². The molecule has 0 atom stereocenters. The van der Waals surface area contributed by atoms with Gasteiger partial charge in [-0.3, -0.25) is 0 Å². The molecule has 4 heteroatoms. The zero-order valence-electron chi connectivity index (χ0n) is 11.0. The molecule has 0 amide bonds. The number of hydrogen-bond acceptors (Lipinski definition) is 3. The van der Waals surface area contributed by atoms with Crippen LogP contribution in [0, 0.1) is 12.7 Å². The Morgan fingerprint density at radius 2 is 1.90 bits per heavy atom. The number of fused-ring (bicyclic) bond motifs is 1. The van der Waals surface area contributed by atoms with Crippen molar-refractivity contribution in [3.05, 3.63) is 65.7 Å². The lowest BCUT2D eigenvalue weighted by Gasteiger charge is -2.06. The van der Waals surface area contributed by atoms with Crippen LogP contribution in [0.1, 0.15) is 11.4 Å². The number of aromatic nitrogens is 2. The Balaban J connectivity index is 1.91. The highest BCUT2D eigenvalue weighted by Crippen LogP contribution is 2.28. The van der Waals surface area contributed by atoms with Gasteiger partial charge >= 0.3 is 0 Å². The zero-order chi connectivity index (χ0) is 13.9. The van der Waals surface area contributed by atoms with Gasteiger partial charge in [0.25, 0.3) is 0 Å². The second-order valence-electron chi connectivity index (χ2n) is 4.51. The SMILES string of the molecule is Cc1nc(SCc2cccc(F)c2)c2ccccc2n1. The van der Waals surface area contributed by atoms with Crippen molar-refractivity contribution >= 4 is 22.7 Å². The minimum absolute atomic E-state index is 0.202. The van der Waals surface area contributed by atoms with Crippen molar-refractivity contribution in [2.75, 3.05) is 0 Å². The quantitative estimate of drug-likeness (QED) is 0.527. The number of hydrogen-bond donors (Lipinski definition) is 0. The number of halogens is 1. The van der Waals surface area contributed by atoms with E-state index in [1.54, 1.807) is 23.9 Å². The van der Waals surface area contributed by atoms with Crippen molar-refractivity contribution < 1.29 is 4.39 Å². The first-order valence-electron chi connectivity index (χ1n) is 6.33. The van der Waals surface area contributed by atoms with Gasteiger partial charge < -0.3 is 0 Å². The Kier molecular flexibility index (Phi) is 3.65. The highest BCUT2D eigenvalue weighted by atomic mass is 32.2. The lowest BCUT2D eigenvalue weighted by Crippen LogP contribution is -1.93. The molecule has 0 fully saturated rings. The molecule has 0 unspecified atom stereocenters. The lowest BCUT2D eigenvalue weighted by molar-refractivity contribution is 0.626. The van der Waals surface area contributed by atoms with Crippen molar-refractivity contribution in [1.82, 2.24) is 9.97 Å². The molecule has 2 nitrogen and oxygen atoms in total. The minimum Gasteiger partial charge on any atom is -0.233 e. The molecule has 20 heavy (non-hydrogen) atoms. The van der Waals surface area contributed by atoms with Gasteiger partial charge in [-0.05, 0) is 30.7 Å². The van der Waals surface area contributed by atoms with Crippen LogP contribution in [0.2, 0.25) is 0 Å². The standard InChI is InChI=1S/C16H13FN2S/c1-11-18-15-8-3-2-7-14(15)16(19-11)20-10-12-5-4-6-13(17)9-12/h2-9H,10H2,1H3. The predicted molar refractivity (Wildman–Crippen MR) is 80.2 cm³/mol. The van der Waals surface area contributed by atoms with Crippen LogP contribution in [0.5, 0.6) is 0 Å². The third-order valence-electron chi connectivity index (χ3n) is 2.94. The summed E-state index contributed by atoms with van der Waals surface area (Å²) >= 11 is 1.61. The van der Waals surface area contributed by atoms with Crippen LogP contribution < -0.4 is 0 Å². The van der Waals surface area contributed by atoms with Crippen LogP contribution >= 0.6 is 11.8 Å². The largest absolute Gasteiger partial charge is 0.233 e. The fraction of sp³-hybridized carbons (Fsp3) is 0.125. The smallest absolute Gasteiger partial charge is 0.127 e. The van der Waals surface area contributed by atoms with Gasteiger partial charge in [0.1, 0.15) is 16.7 Å². The second kappa shape index (κ2) is 5.59. The monoisotopic (exact) mass is 284 g/mol. The summed E-state index contributed by atoms with van der Waals surface area (Å²) in [4.78, 5) is 8.92. The summed E-state index contributed by atoms with van der Waals surface area (Å²) in [6, 6.07) is 14.6. The van der Waals surface area contributed by atoms with Crippen LogP contribution in [0.25, 0.3) is 10.9 Å². The first-order valence-corrected chi connectivity index (χ1v) is 7.31. The summed E-state index contributed by atoms with van der Waals surface area (Å²) in [6.45, 7) is 1.89. The number of aryl methyl sites for hydroxylation is 1. The van der Waals surface area contributed by atoms with E-state index >= 15 is 0 Å². The average Bonchev–Trinajstić information content (AvgIpc) is 2.44. The lowest BCUT2D eigenvalue weighted by atomic mass is 10.2. The zero-order valence-corrected chi connectivity index (χ0v) is 11.8. The van der Waals surface area contributed by atoms with E-state index < -0.39 is 0 Å². The molecule has 1 aromatic heterocycles. The molecule has 3 aromatic rings. The van der Waals surface area contributed by atoms with Crippen LogP contribution in [0.15, 0.2) is 53.6 Å². The topological polar surface area (TPSA) is 25.8 Å². The van der Waals surface area contributed by atoms with Crippen molar-refractivity contribution in [3.63, 3.8) is 0 Å². The Bertz CT molecular complexity index is 758. The maximum absolute atomic E-state index is 13.2. The molecule has 0 aliphatic rings. The van der Waals surface area contributed by atoms with E-state index in [9.17, 15) is 4.39 Å². The third kappa shape index (κ3) is 2.80. The molecule has 0 saturated carbocycles. The Morgan fingerprint density at radius 1 is 1.05 bits per heavy atom. The van der Waals surface area contributed by atoms with Crippen LogP contribution in [0.3, 0.4) is 0 Å². The molecular weight excluding hydrogens is 271 g/mol. The van der Waals surface area contributed by atoms with E-state index in [2.05, 4.69) is 9.97 Å². The fourth-order valence-electron chi connectivity index (χ4n) is 2.05. The maximum atomic E-state index is 13.2. The summed E-state index contributed by atoms with van der Waals surface area (Å²) in [6.07, 6.45) is 0. The number of thioether (sulfide) groups is 1. The summed E-state index contributed by atoms with van der Waals surface area (Å²) < 4.78 is 13.2. The molecule has 0 spiro atoms. The Labute approximate surface area is 121 Å². The van der Waals surface area contributed by atoms with Crippen molar-refractivity contribution in [1.29, 1.82) is 0 Å². The molecule has 0 aliphatic carbocycles. The van der Waals surface area contributed by atoms with E-state index in [0.717, 1.165) is 27.3 Å². The highest BCUT2D eigenvalue weighted by molar-refractivity contribution is 7.98. The average molecular weight is 284 g/mol. The summed E-state index contributed by atoms with van der Waals surface area (Å²) in [7, 11) is 0. The van der Waals surface area contributed by atoms with E-state index in [0.29, 0.717) is 5.75 Å². The minimum atomic E-state index is -0.202. The molecule has 3 rings (SSSR count). The van der Waals surface area contributed by atoms with Gasteiger partial charge in [0.2, 0.25) is 0 Å². The molecular formula is C16H13FN2S. The van der Waals surface area contributed by atoms with Crippen LogP contribution in [-0.2, 0) is 5.75 Å². The van der Waals surface area contributed by atoms with Crippen molar-refractivity contribution in [2.45, 2.75) is 17.7 Å². The van der Waals surface area contributed by atoms with E-state index in [4.69, 9.17) is 0 Å². The van der Waals surface area contributed by atoms with Gasteiger partial charge in [0.05, 0.1) is 5.52 Å². The number of para-hydroxylation sites is 1. The number of benzene rings is 2. The fourth-order valence-corrected chi connectivity index (χ4v) is 3.05. The molecule has 0 N–H and O–H groups in total. The van der Waals surface area contributed by atoms with Gasteiger partial charge in [-0.2, -0.15) is 0 Å². The predicted octanol–water partition coefficient (Wildman–Crippen LogP) is 4.37. The summed E-state index contributed by atoms with van der Waals surface area (Å²) in [5, 5.41) is 1.98. The van der Waals surface area contributed by atoms with Crippen LogP contribution in [0.4, 0.5) is 4.39 Å². The number of rotatable bonds is 3. The third-order valence-corrected chi connectivity index (χ3v) is 4.01. The Hall–Kier alpha value is -1.94. The van der Waals surface area contributed by atoms with Gasteiger partial charge in [0.15, 0.2) is 0 Å². The summed E-state index contributed by atoms with van der Waals surface area (Å²) in [5.41, 5.74) is 1.90. The van der Waals surface area contributed by atoms with E-state index in [1.807, 2.05) is 37.3 Å². The highest BCUT2D eigenvalue weighted by Gasteiger charge is 2.06. The van der Waals surface area contributed by atoms with Gasteiger partial charge in [-0.15, -0.1) is 11.8 Å². The van der Waals surface area contributed by atoms with Gasteiger partial charge in [0, 0.05) is 11.1 Å². The second-order valence-corrected chi connectivity index (χ2v) is 5.48.